The van der Waals surface area contributed by atoms with Crippen LogP contribution in [-0.4, -0.2) is 57.5 Å². The molecule has 2 saturated heterocycles. The highest BCUT2D eigenvalue weighted by atomic mass is 35.5. The maximum Gasteiger partial charge on any atom is 0.231 e. The molecule has 0 N–H and O–H groups in total. The Kier molecular flexibility index (Phi) is 5.45. The fourth-order valence-corrected chi connectivity index (χ4v) is 5.27. The van der Waals surface area contributed by atoms with Crippen LogP contribution >= 0.6 is 23.2 Å². The Balaban J connectivity index is 2.02. The van der Waals surface area contributed by atoms with Gasteiger partial charge in [0.2, 0.25) is 11.8 Å². The molecule has 0 saturated carbocycles. The molecule has 2 fully saturated rings. The van der Waals surface area contributed by atoms with Crippen molar-refractivity contribution < 1.29 is 9.59 Å². The summed E-state index contributed by atoms with van der Waals surface area (Å²) in [5.41, 5.74) is 0. The number of fused-ring (bicyclic) bond motifs is 2. The summed E-state index contributed by atoms with van der Waals surface area (Å²) in [7, 11) is 0. The van der Waals surface area contributed by atoms with Gasteiger partial charge >= 0.3 is 0 Å². The molecule has 134 valence electrons. The number of amides is 2. The van der Waals surface area contributed by atoms with Gasteiger partial charge in [-0.25, -0.2) is 0 Å². The summed E-state index contributed by atoms with van der Waals surface area (Å²) in [6, 6.07) is -0.525. The second-order valence-electron chi connectivity index (χ2n) is 7.08. The van der Waals surface area contributed by atoms with Gasteiger partial charge in [0, 0.05) is 13.1 Å². The van der Waals surface area contributed by atoms with E-state index in [1.807, 2.05) is 22.0 Å². The van der Waals surface area contributed by atoms with E-state index in [4.69, 9.17) is 23.2 Å². The molecule has 4 bridgehead atoms. The molecule has 0 aromatic carbocycles. The predicted octanol–water partition coefficient (Wildman–Crippen LogP) is 3.03. The minimum atomic E-state index is -0.444. The lowest BCUT2D eigenvalue weighted by molar-refractivity contribution is -0.163. The van der Waals surface area contributed by atoms with E-state index in [1.54, 1.807) is 0 Å². The predicted molar refractivity (Wildman–Crippen MR) is 96.2 cm³/mol. The van der Waals surface area contributed by atoms with Crippen LogP contribution in [0.4, 0.5) is 0 Å². The van der Waals surface area contributed by atoms with Gasteiger partial charge in [-0.2, -0.15) is 0 Å². The van der Waals surface area contributed by atoms with Crippen LogP contribution in [0.15, 0.2) is 12.2 Å². The molecule has 0 spiro atoms. The summed E-state index contributed by atoms with van der Waals surface area (Å²) in [6.45, 7) is 5.50. The number of hydrogen-bond acceptors (Lipinski definition) is 2. The minimum absolute atomic E-state index is 0.0682. The largest absolute Gasteiger partial charge is 0.337 e. The third kappa shape index (κ3) is 2.76. The van der Waals surface area contributed by atoms with Gasteiger partial charge in [0.1, 0.15) is 0 Å². The highest BCUT2D eigenvalue weighted by Gasteiger charge is 2.60. The van der Waals surface area contributed by atoms with Gasteiger partial charge < -0.3 is 9.80 Å². The number of halogens is 2. The molecule has 2 amide bonds. The van der Waals surface area contributed by atoms with Gasteiger partial charge in [-0.3, -0.25) is 9.59 Å². The summed E-state index contributed by atoms with van der Waals surface area (Å²) >= 11 is 13.4. The van der Waals surface area contributed by atoms with Crippen molar-refractivity contribution in [1.29, 1.82) is 0 Å². The number of carbonyl (C=O) groups is 2. The van der Waals surface area contributed by atoms with Crippen molar-refractivity contribution in [3.63, 3.8) is 0 Å². The Labute approximate surface area is 154 Å². The van der Waals surface area contributed by atoms with Crippen LogP contribution in [0.3, 0.4) is 0 Å². The number of nitrogens with zero attached hydrogens (tertiary/aromatic N) is 2. The standard InChI is InChI=1S/C18H26Cl2N2O2/c1-3-5-9-21-15-11-7-8-12(19)13(18(21)24)16(14(15)20)22(17(11)23)10-6-4-2/h7-8,11-16H,3-6,9-10H2,1-2H3/t11-,12-,13-,14+,15+,16+/m1/s1. The van der Waals surface area contributed by atoms with E-state index < -0.39 is 11.3 Å². The Bertz CT molecular complexity index is 533. The number of hydrogen-bond donors (Lipinski definition) is 0. The number of unbranched alkanes of at least 4 members (excludes halogenated alkanes) is 2. The highest BCUT2D eigenvalue weighted by Crippen LogP contribution is 2.45. The van der Waals surface area contributed by atoms with Gasteiger partial charge in [-0.1, -0.05) is 38.8 Å². The number of piperidine rings is 2. The SMILES string of the molecule is CCCCN1C(=O)[C@@H]2C=C[C@@H](Cl)[C@H]3C(=O)N(CCCC)[C@@H]2[C@H](Cl)[C@H]31. The van der Waals surface area contributed by atoms with Crippen molar-refractivity contribution in [1.82, 2.24) is 9.80 Å². The van der Waals surface area contributed by atoms with Gasteiger partial charge in [-0.05, 0) is 12.8 Å². The van der Waals surface area contributed by atoms with E-state index in [9.17, 15) is 9.59 Å². The van der Waals surface area contributed by atoms with Crippen molar-refractivity contribution in [3.8, 4) is 0 Å². The van der Waals surface area contributed by atoms with Crippen molar-refractivity contribution >= 4 is 35.0 Å². The molecule has 24 heavy (non-hydrogen) atoms. The van der Waals surface area contributed by atoms with Crippen LogP contribution in [0.1, 0.15) is 39.5 Å². The van der Waals surface area contributed by atoms with Crippen molar-refractivity contribution in [2.75, 3.05) is 13.1 Å². The summed E-state index contributed by atoms with van der Waals surface area (Å²) < 4.78 is 0. The maximum absolute atomic E-state index is 13.1. The van der Waals surface area contributed by atoms with E-state index in [2.05, 4.69) is 13.8 Å². The number of alkyl halides is 2. The molecule has 0 unspecified atom stereocenters. The Hall–Kier alpha value is -0.740. The lowest BCUT2D eigenvalue weighted by Crippen LogP contribution is -2.74. The number of allylic oxidation sites excluding steroid dienone is 1. The summed E-state index contributed by atoms with van der Waals surface area (Å²) in [5.74, 6) is -0.641. The first-order valence-corrected chi connectivity index (χ1v) is 9.97. The topological polar surface area (TPSA) is 40.6 Å². The number of rotatable bonds is 6. The quantitative estimate of drug-likeness (QED) is 0.531. The normalized spacial score (nSPS) is 38.0. The zero-order chi connectivity index (χ0) is 17.4. The van der Waals surface area contributed by atoms with E-state index >= 15 is 0 Å². The molecular formula is C18H26Cl2N2O2. The van der Waals surface area contributed by atoms with Crippen LogP contribution in [0.5, 0.6) is 0 Å². The van der Waals surface area contributed by atoms with Crippen LogP contribution < -0.4 is 0 Å². The smallest absolute Gasteiger partial charge is 0.231 e. The fourth-order valence-electron chi connectivity index (χ4n) is 4.34. The van der Waals surface area contributed by atoms with Gasteiger partial charge in [0.25, 0.3) is 0 Å². The first kappa shape index (κ1) is 18.1. The van der Waals surface area contributed by atoms with Crippen LogP contribution in [0.25, 0.3) is 0 Å². The molecule has 4 heterocycles. The van der Waals surface area contributed by atoms with Gasteiger partial charge in [0.15, 0.2) is 0 Å². The summed E-state index contributed by atoms with van der Waals surface area (Å²) in [5, 5.41) is -0.663. The molecule has 6 atom stereocenters. The van der Waals surface area contributed by atoms with E-state index in [1.165, 1.54) is 0 Å². The van der Waals surface area contributed by atoms with E-state index in [0.717, 1.165) is 25.7 Å². The lowest BCUT2D eigenvalue weighted by Gasteiger charge is -2.58. The summed E-state index contributed by atoms with van der Waals surface area (Å²) in [4.78, 5) is 29.9. The second kappa shape index (κ2) is 7.25. The van der Waals surface area contributed by atoms with Crippen molar-refractivity contribution in [3.05, 3.63) is 12.2 Å². The number of carbonyl (C=O) groups excluding carboxylic acids is 2. The molecule has 5 rings (SSSR count). The van der Waals surface area contributed by atoms with Crippen LogP contribution in [-0.2, 0) is 9.59 Å². The molecule has 6 heteroatoms. The van der Waals surface area contributed by atoms with Crippen LogP contribution in [0.2, 0.25) is 0 Å². The molecule has 0 aromatic heterocycles. The molecule has 0 aromatic rings. The van der Waals surface area contributed by atoms with E-state index in [0.29, 0.717) is 13.1 Å². The van der Waals surface area contributed by atoms with E-state index in [-0.39, 0.29) is 35.2 Å². The molecule has 1 aliphatic carbocycles. The zero-order valence-electron chi connectivity index (χ0n) is 14.3. The molecule has 0 radical (unpaired) electrons. The second-order valence-corrected chi connectivity index (χ2v) is 8.08. The van der Waals surface area contributed by atoms with Crippen molar-refractivity contribution in [2.24, 2.45) is 11.8 Å². The Morgan fingerprint density at radius 3 is 2.08 bits per heavy atom. The first-order chi connectivity index (χ1) is 11.5. The third-order valence-electron chi connectivity index (χ3n) is 5.60. The van der Waals surface area contributed by atoms with Crippen LogP contribution in [0, 0.1) is 11.8 Å². The lowest BCUT2D eigenvalue weighted by atomic mass is 9.72. The molecule has 4 nitrogen and oxygen atoms in total. The maximum atomic E-state index is 13.1. The average molecular weight is 373 g/mol. The Morgan fingerprint density at radius 2 is 1.50 bits per heavy atom. The molecular weight excluding hydrogens is 347 g/mol. The average Bonchev–Trinajstić information content (AvgIpc) is 2.55. The first-order valence-electron chi connectivity index (χ1n) is 9.10. The van der Waals surface area contributed by atoms with Gasteiger partial charge in [-0.15, -0.1) is 23.2 Å². The monoisotopic (exact) mass is 372 g/mol. The fraction of sp³-hybridized carbons (Fsp3) is 0.778. The van der Waals surface area contributed by atoms with Gasteiger partial charge in [0.05, 0.1) is 34.7 Å². The molecule has 4 aliphatic heterocycles. The minimum Gasteiger partial charge on any atom is -0.337 e. The summed E-state index contributed by atoms with van der Waals surface area (Å²) in [6.07, 6.45) is 7.56. The molecule has 5 aliphatic rings. The third-order valence-corrected chi connectivity index (χ3v) is 6.53. The van der Waals surface area contributed by atoms with Crippen molar-refractivity contribution in [2.45, 2.75) is 62.4 Å². The highest BCUT2D eigenvalue weighted by molar-refractivity contribution is 6.26. The zero-order valence-corrected chi connectivity index (χ0v) is 15.8. The Morgan fingerprint density at radius 1 is 0.917 bits per heavy atom.